The van der Waals surface area contributed by atoms with Crippen LogP contribution in [0.4, 0.5) is 4.39 Å². The molecule has 7 nitrogen and oxygen atoms in total. The molecule has 7 rings (SSSR count). The highest BCUT2D eigenvalue weighted by molar-refractivity contribution is 6.05. The van der Waals surface area contributed by atoms with Gasteiger partial charge < -0.3 is 18.7 Å². The Labute approximate surface area is 207 Å². The van der Waals surface area contributed by atoms with Gasteiger partial charge in [-0.3, -0.25) is 4.99 Å². The summed E-state index contributed by atoms with van der Waals surface area (Å²) in [5.41, 5.74) is 6.02. The summed E-state index contributed by atoms with van der Waals surface area (Å²) in [7, 11) is 0. The highest BCUT2D eigenvalue weighted by Crippen LogP contribution is 2.45. The van der Waals surface area contributed by atoms with Crippen molar-refractivity contribution in [3.05, 3.63) is 83.3 Å². The Morgan fingerprint density at radius 3 is 2.75 bits per heavy atom. The minimum Gasteiger partial charge on any atom is -0.380 e. The molecule has 8 heteroatoms. The second kappa shape index (κ2) is 8.13. The molecule has 1 atom stereocenters. The lowest BCUT2D eigenvalue weighted by Crippen LogP contribution is -2.58. The first kappa shape index (κ1) is 21.5. The summed E-state index contributed by atoms with van der Waals surface area (Å²) in [5, 5.41) is 5.07. The van der Waals surface area contributed by atoms with Gasteiger partial charge in [-0.2, -0.15) is 0 Å². The van der Waals surface area contributed by atoms with E-state index in [1.165, 1.54) is 5.57 Å². The van der Waals surface area contributed by atoms with Gasteiger partial charge in [0.05, 0.1) is 48.5 Å². The first-order chi connectivity index (χ1) is 17.6. The molecule has 0 N–H and O–H groups in total. The van der Waals surface area contributed by atoms with E-state index in [1.54, 1.807) is 24.7 Å². The predicted octanol–water partition coefficient (Wildman–Crippen LogP) is 5.11. The van der Waals surface area contributed by atoms with Crippen LogP contribution in [-0.2, 0) is 4.74 Å². The molecule has 3 aliphatic rings. The Morgan fingerprint density at radius 1 is 1.14 bits per heavy atom. The van der Waals surface area contributed by atoms with E-state index in [9.17, 15) is 4.39 Å². The zero-order valence-corrected chi connectivity index (χ0v) is 20.0. The van der Waals surface area contributed by atoms with Crippen LogP contribution < -0.4 is 0 Å². The number of hydrogen-bond donors (Lipinski definition) is 0. The molecule has 5 heterocycles. The number of aryl methyl sites for hydroxylation is 1. The van der Waals surface area contributed by atoms with Crippen LogP contribution in [-0.4, -0.2) is 51.7 Å². The summed E-state index contributed by atoms with van der Waals surface area (Å²) in [6, 6.07) is 11.2. The standard InChI is InChI=1S/C28H26FN5O2/c1-18-13-33(17-31-18)25-7-4-20(23-12-32-36-26(23)25)10-21-11-28(15-35-16-28)14-34-24(8-9-30-27(21)34)19-2-5-22(29)6-3-19/h2-7,10,12-13,17,24H,8-9,11,14-16H2,1H3/b21-10+. The number of aromatic nitrogens is 3. The first-order valence-electron chi connectivity index (χ1n) is 12.3. The van der Waals surface area contributed by atoms with Gasteiger partial charge >= 0.3 is 0 Å². The molecule has 0 amide bonds. The van der Waals surface area contributed by atoms with E-state index in [-0.39, 0.29) is 17.3 Å². The van der Waals surface area contributed by atoms with Crippen molar-refractivity contribution in [3.63, 3.8) is 0 Å². The van der Waals surface area contributed by atoms with Crippen molar-refractivity contribution < 1.29 is 13.7 Å². The predicted molar refractivity (Wildman–Crippen MR) is 134 cm³/mol. The number of aliphatic imine (C=N–C) groups is 1. The molecule has 0 saturated carbocycles. The monoisotopic (exact) mass is 483 g/mol. The quantitative estimate of drug-likeness (QED) is 0.405. The van der Waals surface area contributed by atoms with Crippen LogP contribution in [0.3, 0.4) is 0 Å². The van der Waals surface area contributed by atoms with E-state index in [2.05, 4.69) is 27.2 Å². The molecule has 2 aromatic carbocycles. The Morgan fingerprint density at radius 2 is 2.00 bits per heavy atom. The summed E-state index contributed by atoms with van der Waals surface area (Å²) >= 11 is 0. The second-order valence-corrected chi connectivity index (χ2v) is 10.2. The van der Waals surface area contributed by atoms with Crippen molar-refractivity contribution in [2.75, 3.05) is 26.3 Å². The largest absolute Gasteiger partial charge is 0.380 e. The SMILES string of the molecule is Cc1cn(-c2ccc(/C=C3\CC4(COC4)CN4C3=NCCC4c3ccc(F)cc3)c3cnoc23)cn1. The van der Waals surface area contributed by atoms with Crippen LogP contribution >= 0.6 is 0 Å². The van der Waals surface area contributed by atoms with Gasteiger partial charge in [0.1, 0.15) is 11.7 Å². The summed E-state index contributed by atoms with van der Waals surface area (Å²) in [6.07, 6.45) is 9.60. The average Bonchev–Trinajstić information content (AvgIpc) is 3.53. The smallest absolute Gasteiger partial charge is 0.191 e. The third kappa shape index (κ3) is 3.47. The molecule has 0 radical (unpaired) electrons. The minimum absolute atomic E-state index is 0.0719. The summed E-state index contributed by atoms with van der Waals surface area (Å²) in [6.45, 7) is 5.09. The Hall–Kier alpha value is -3.78. The molecule has 0 bridgehead atoms. The highest BCUT2D eigenvalue weighted by Gasteiger charge is 2.48. The van der Waals surface area contributed by atoms with E-state index in [0.717, 1.165) is 78.5 Å². The van der Waals surface area contributed by atoms with E-state index < -0.39 is 0 Å². The maximum atomic E-state index is 13.6. The molecular weight excluding hydrogens is 457 g/mol. The fourth-order valence-corrected chi connectivity index (χ4v) is 5.82. The van der Waals surface area contributed by atoms with Crippen molar-refractivity contribution in [2.24, 2.45) is 10.4 Å². The van der Waals surface area contributed by atoms with E-state index in [1.807, 2.05) is 35.9 Å². The zero-order valence-electron chi connectivity index (χ0n) is 20.0. The minimum atomic E-state index is -0.210. The van der Waals surface area contributed by atoms with E-state index in [4.69, 9.17) is 14.3 Å². The Balaban J connectivity index is 1.31. The van der Waals surface area contributed by atoms with Gasteiger partial charge in [0.2, 0.25) is 0 Å². The Bertz CT molecular complexity index is 1510. The van der Waals surface area contributed by atoms with Crippen LogP contribution in [0, 0.1) is 18.2 Å². The van der Waals surface area contributed by atoms with Gasteiger partial charge in [0.25, 0.3) is 0 Å². The topological polar surface area (TPSA) is 68.7 Å². The van der Waals surface area contributed by atoms with Crippen LogP contribution in [0.2, 0.25) is 0 Å². The third-order valence-electron chi connectivity index (χ3n) is 7.60. The van der Waals surface area contributed by atoms with Crippen molar-refractivity contribution in [1.82, 2.24) is 19.6 Å². The number of benzene rings is 2. The maximum Gasteiger partial charge on any atom is 0.191 e. The maximum absolute atomic E-state index is 13.6. The molecule has 182 valence electrons. The number of ether oxygens (including phenoxy) is 1. The fourth-order valence-electron chi connectivity index (χ4n) is 5.82. The summed E-state index contributed by atoms with van der Waals surface area (Å²) in [4.78, 5) is 11.8. The summed E-state index contributed by atoms with van der Waals surface area (Å²) < 4.78 is 27.0. The van der Waals surface area contributed by atoms with E-state index >= 15 is 0 Å². The Kier molecular flexibility index (Phi) is 4.86. The average molecular weight is 484 g/mol. The molecule has 2 saturated heterocycles. The van der Waals surface area contributed by atoms with Gasteiger partial charge in [-0.05, 0) is 60.7 Å². The third-order valence-corrected chi connectivity index (χ3v) is 7.60. The number of halogens is 1. The number of nitrogens with zero attached hydrogens (tertiary/aromatic N) is 5. The molecule has 0 aliphatic carbocycles. The number of amidine groups is 1. The van der Waals surface area contributed by atoms with Crippen molar-refractivity contribution in [1.29, 1.82) is 0 Å². The van der Waals surface area contributed by atoms with Crippen molar-refractivity contribution in [3.8, 4) is 5.69 Å². The van der Waals surface area contributed by atoms with Crippen molar-refractivity contribution in [2.45, 2.75) is 25.8 Å². The molecule has 2 aromatic heterocycles. The van der Waals surface area contributed by atoms with Gasteiger partial charge in [0.15, 0.2) is 5.58 Å². The number of fused-ring (bicyclic) bond motifs is 2. The van der Waals surface area contributed by atoms with Gasteiger partial charge in [0, 0.05) is 24.7 Å². The molecule has 36 heavy (non-hydrogen) atoms. The molecule has 1 unspecified atom stereocenters. The lowest BCUT2D eigenvalue weighted by molar-refractivity contribution is -0.126. The van der Waals surface area contributed by atoms with Gasteiger partial charge in [-0.15, -0.1) is 0 Å². The molecule has 2 fully saturated rings. The lowest BCUT2D eigenvalue weighted by atomic mass is 9.74. The second-order valence-electron chi connectivity index (χ2n) is 10.2. The van der Waals surface area contributed by atoms with Crippen LogP contribution in [0.1, 0.15) is 35.7 Å². The highest BCUT2D eigenvalue weighted by atomic mass is 19.1. The normalized spacial score (nSPS) is 22.1. The molecular formula is C28H26FN5O2. The number of imidazole rings is 1. The fraction of sp³-hybridized carbons (Fsp3) is 0.321. The van der Waals surface area contributed by atoms with Gasteiger partial charge in [-0.1, -0.05) is 23.4 Å². The zero-order chi connectivity index (χ0) is 24.3. The van der Waals surface area contributed by atoms with Crippen LogP contribution in [0.15, 0.2) is 70.2 Å². The lowest BCUT2D eigenvalue weighted by Gasteiger charge is -2.53. The van der Waals surface area contributed by atoms with Gasteiger partial charge in [-0.25, -0.2) is 9.37 Å². The number of hydrogen-bond acceptors (Lipinski definition) is 6. The van der Waals surface area contributed by atoms with Crippen LogP contribution in [0.5, 0.6) is 0 Å². The number of rotatable bonds is 3. The number of piperidine rings is 1. The van der Waals surface area contributed by atoms with Crippen molar-refractivity contribution >= 4 is 22.9 Å². The molecule has 4 aromatic rings. The summed E-state index contributed by atoms with van der Waals surface area (Å²) in [5.74, 6) is 0.825. The first-order valence-corrected chi connectivity index (χ1v) is 12.3. The van der Waals surface area contributed by atoms with E-state index in [0.29, 0.717) is 0 Å². The van der Waals surface area contributed by atoms with Crippen LogP contribution in [0.25, 0.3) is 22.7 Å². The molecule has 3 aliphatic heterocycles. The molecule has 1 spiro atoms.